The molecule has 3 amide bonds. The number of nitrogens with zero attached hydrogens (tertiary/aromatic N) is 3. The lowest BCUT2D eigenvalue weighted by molar-refractivity contribution is -0.142. The third-order valence-corrected chi connectivity index (χ3v) is 11.7. The van der Waals surface area contributed by atoms with Gasteiger partial charge in [0.05, 0.1) is 16.6 Å². The second-order valence-corrected chi connectivity index (χ2v) is 13.7. The van der Waals surface area contributed by atoms with Gasteiger partial charge in [-0.2, -0.15) is 0 Å². The number of aliphatic hydroxyl groups is 1. The third kappa shape index (κ3) is 5.66. The van der Waals surface area contributed by atoms with Crippen molar-refractivity contribution in [1.82, 2.24) is 9.80 Å². The van der Waals surface area contributed by atoms with Crippen molar-refractivity contribution in [3.8, 4) is 0 Å². The highest BCUT2D eigenvalue weighted by molar-refractivity contribution is 9.09. The molecule has 3 aliphatic rings. The van der Waals surface area contributed by atoms with Crippen molar-refractivity contribution in [3.63, 3.8) is 0 Å². The summed E-state index contributed by atoms with van der Waals surface area (Å²) in [7, 11) is 0. The van der Waals surface area contributed by atoms with Crippen molar-refractivity contribution in [2.45, 2.75) is 66.3 Å². The second-order valence-electron chi connectivity index (χ2n) is 11.0. The van der Waals surface area contributed by atoms with Gasteiger partial charge in [0.1, 0.15) is 6.04 Å². The summed E-state index contributed by atoms with van der Waals surface area (Å²) in [6.07, 6.45) is 8.08. The fraction of sp³-hybridized carbons (Fsp3) is 0.581. The van der Waals surface area contributed by atoms with E-state index in [1.807, 2.05) is 35.2 Å². The highest BCUT2D eigenvalue weighted by Gasteiger charge is 2.76. The van der Waals surface area contributed by atoms with E-state index in [1.165, 1.54) is 0 Å². The van der Waals surface area contributed by atoms with Gasteiger partial charge in [-0.25, -0.2) is 0 Å². The van der Waals surface area contributed by atoms with Gasteiger partial charge in [-0.3, -0.25) is 14.4 Å². The number of para-hydroxylation sites is 1. The normalized spacial score (nSPS) is 28.4. The zero-order valence-electron chi connectivity index (χ0n) is 23.4. The molecule has 3 unspecified atom stereocenters. The number of thioether (sulfide) groups is 1. The molecule has 1 aromatic rings. The minimum atomic E-state index is -0.674. The number of hydrogen-bond acceptors (Lipinski definition) is 5. The topological polar surface area (TPSA) is 81.2 Å². The van der Waals surface area contributed by atoms with Crippen LogP contribution in [0.1, 0.15) is 45.4 Å². The molecule has 0 saturated carbocycles. The Labute approximate surface area is 251 Å². The molecule has 7 nitrogen and oxygen atoms in total. The van der Waals surface area contributed by atoms with Gasteiger partial charge in [-0.1, -0.05) is 59.6 Å². The SMILES string of the molecule is C=CCN(CCCC)C(=O)C1N(CCCCCO)C(=O)[C@@H]2[C@H](C(=O)N(CC=C)c3ccccc3)[C@H]3SC12CC3Br. The number of unbranched alkanes of at least 4 members (excludes halogenated alkanes) is 3. The summed E-state index contributed by atoms with van der Waals surface area (Å²) in [6.45, 7) is 11.8. The molecule has 3 fully saturated rings. The van der Waals surface area contributed by atoms with E-state index in [1.54, 1.807) is 33.7 Å². The summed E-state index contributed by atoms with van der Waals surface area (Å²) >= 11 is 5.54. The van der Waals surface area contributed by atoms with E-state index in [0.29, 0.717) is 45.4 Å². The van der Waals surface area contributed by atoms with E-state index < -0.39 is 22.6 Å². The molecule has 3 saturated heterocycles. The third-order valence-electron chi connectivity index (χ3n) is 8.45. The van der Waals surface area contributed by atoms with E-state index in [-0.39, 0.29) is 34.4 Å². The number of carbonyl (C=O) groups excluding carboxylic acids is 3. The maximum Gasteiger partial charge on any atom is 0.247 e. The smallest absolute Gasteiger partial charge is 0.247 e. The molecule has 4 rings (SSSR count). The second kappa shape index (κ2) is 13.7. The number of aliphatic hydroxyl groups excluding tert-OH is 1. The van der Waals surface area contributed by atoms with Crippen LogP contribution in [0.4, 0.5) is 5.69 Å². The minimum Gasteiger partial charge on any atom is -0.396 e. The van der Waals surface area contributed by atoms with Crippen molar-refractivity contribution >= 4 is 51.1 Å². The Kier molecular flexibility index (Phi) is 10.6. The molecular weight excluding hydrogens is 590 g/mol. The molecule has 1 aromatic carbocycles. The summed E-state index contributed by atoms with van der Waals surface area (Å²) < 4.78 is -0.674. The van der Waals surface area contributed by atoms with Crippen LogP contribution in [0.3, 0.4) is 0 Å². The van der Waals surface area contributed by atoms with Crippen LogP contribution >= 0.6 is 27.7 Å². The lowest BCUT2D eigenvalue weighted by atomic mass is 9.70. The molecule has 0 aliphatic carbocycles. The summed E-state index contributed by atoms with van der Waals surface area (Å²) in [6, 6.07) is 8.89. The zero-order valence-corrected chi connectivity index (χ0v) is 25.8. The Morgan fingerprint density at radius 1 is 1.12 bits per heavy atom. The molecule has 218 valence electrons. The van der Waals surface area contributed by atoms with Crippen molar-refractivity contribution in [3.05, 3.63) is 55.6 Å². The zero-order chi connectivity index (χ0) is 28.9. The summed E-state index contributed by atoms with van der Waals surface area (Å²) in [5.74, 6) is -1.33. The number of alkyl halides is 1. The van der Waals surface area contributed by atoms with Crippen LogP contribution in [-0.4, -0.2) is 86.3 Å². The number of benzene rings is 1. The molecule has 3 aliphatic heterocycles. The molecule has 6 atom stereocenters. The van der Waals surface area contributed by atoms with Crippen molar-refractivity contribution in [2.75, 3.05) is 37.7 Å². The Bertz CT molecular complexity index is 1090. The lowest BCUT2D eigenvalue weighted by Crippen LogP contribution is -2.56. The predicted molar refractivity (Wildman–Crippen MR) is 166 cm³/mol. The van der Waals surface area contributed by atoms with Gasteiger partial charge >= 0.3 is 0 Å². The Balaban J connectivity index is 1.73. The van der Waals surface area contributed by atoms with Gasteiger partial charge in [-0.05, 0) is 44.2 Å². The molecule has 1 N–H and O–H groups in total. The van der Waals surface area contributed by atoms with Crippen LogP contribution in [0.2, 0.25) is 0 Å². The van der Waals surface area contributed by atoms with Crippen molar-refractivity contribution in [2.24, 2.45) is 11.8 Å². The van der Waals surface area contributed by atoms with Crippen LogP contribution < -0.4 is 4.90 Å². The van der Waals surface area contributed by atoms with Gasteiger partial charge < -0.3 is 19.8 Å². The minimum absolute atomic E-state index is 0.0185. The number of likely N-dealkylation sites (tertiary alicyclic amines) is 1. The van der Waals surface area contributed by atoms with E-state index in [2.05, 4.69) is 36.0 Å². The van der Waals surface area contributed by atoms with Crippen molar-refractivity contribution < 1.29 is 19.5 Å². The van der Waals surface area contributed by atoms with Crippen LogP contribution in [0, 0.1) is 11.8 Å². The van der Waals surface area contributed by atoms with E-state index in [0.717, 1.165) is 24.9 Å². The van der Waals surface area contributed by atoms with Gasteiger partial charge in [-0.15, -0.1) is 24.9 Å². The Hall–Kier alpha value is -2.10. The van der Waals surface area contributed by atoms with E-state index in [4.69, 9.17) is 0 Å². The maximum absolute atomic E-state index is 14.4. The largest absolute Gasteiger partial charge is 0.396 e. The number of fused-ring (bicyclic) bond motifs is 1. The average Bonchev–Trinajstić information content (AvgIpc) is 3.55. The summed E-state index contributed by atoms with van der Waals surface area (Å²) in [5, 5.41) is 9.18. The molecule has 1 spiro atoms. The number of amides is 3. The number of halogens is 1. The van der Waals surface area contributed by atoms with E-state index >= 15 is 0 Å². The maximum atomic E-state index is 14.4. The molecule has 0 aromatic heterocycles. The molecule has 2 bridgehead atoms. The standard InChI is InChI=1S/C31H42BrN3O4S/c1-4-7-18-33(16-5-2)30(39)27-31-21-23(32)26(40-31)24(25(31)29(38)35(27)19-12-9-13-20-36)28(37)34(17-6-3)22-14-10-8-11-15-22/h5-6,8,10-11,14-15,23-27,36H,2-4,7,9,12-13,16-21H2,1H3/t23?,24-,25-,26-,27?,31?/m0/s1. The van der Waals surface area contributed by atoms with Gasteiger partial charge in [0.15, 0.2) is 0 Å². The van der Waals surface area contributed by atoms with Gasteiger partial charge in [0.25, 0.3) is 0 Å². The summed E-state index contributed by atoms with van der Waals surface area (Å²) in [4.78, 5) is 48.4. The van der Waals surface area contributed by atoms with Crippen LogP contribution in [0.15, 0.2) is 55.6 Å². The predicted octanol–water partition coefficient (Wildman–Crippen LogP) is 4.65. The Morgan fingerprint density at radius 3 is 2.50 bits per heavy atom. The fourth-order valence-corrected chi connectivity index (χ4v) is 10.3. The highest BCUT2D eigenvalue weighted by Crippen LogP contribution is 2.68. The molecule has 0 radical (unpaired) electrons. The lowest BCUT2D eigenvalue weighted by Gasteiger charge is -2.38. The van der Waals surface area contributed by atoms with Gasteiger partial charge in [0, 0.05) is 48.6 Å². The first-order chi connectivity index (χ1) is 19.4. The summed E-state index contributed by atoms with van der Waals surface area (Å²) in [5.41, 5.74) is 0.774. The van der Waals surface area contributed by atoms with Crippen LogP contribution in [-0.2, 0) is 14.4 Å². The first-order valence-electron chi connectivity index (χ1n) is 14.5. The van der Waals surface area contributed by atoms with E-state index in [9.17, 15) is 19.5 Å². The number of rotatable bonds is 15. The first-order valence-corrected chi connectivity index (χ1v) is 16.3. The number of carbonyl (C=O) groups is 3. The average molecular weight is 633 g/mol. The Morgan fingerprint density at radius 2 is 1.85 bits per heavy atom. The monoisotopic (exact) mass is 631 g/mol. The van der Waals surface area contributed by atoms with Crippen LogP contribution in [0.5, 0.6) is 0 Å². The number of hydrogen-bond donors (Lipinski definition) is 1. The first kappa shape index (κ1) is 30.8. The number of anilines is 1. The fourth-order valence-electron chi connectivity index (χ4n) is 6.71. The quantitative estimate of drug-likeness (QED) is 0.173. The highest BCUT2D eigenvalue weighted by atomic mass is 79.9. The molecule has 3 heterocycles. The molecule has 40 heavy (non-hydrogen) atoms. The van der Waals surface area contributed by atoms with Crippen molar-refractivity contribution in [1.29, 1.82) is 0 Å². The molecular formula is C31H42BrN3O4S. The molecule has 9 heteroatoms. The van der Waals surface area contributed by atoms with Crippen LogP contribution in [0.25, 0.3) is 0 Å². The van der Waals surface area contributed by atoms with Gasteiger partial charge in [0.2, 0.25) is 17.7 Å².